The Balaban J connectivity index is 1.84. The minimum Gasteiger partial charge on any atom is -0.378 e. The van der Waals surface area contributed by atoms with Crippen molar-refractivity contribution >= 4 is 27.9 Å². The molecule has 0 fully saturated rings. The molecule has 3 aromatic rings. The molecule has 2 N–H and O–H groups in total. The lowest BCUT2D eigenvalue weighted by atomic mass is 10.2. The zero-order chi connectivity index (χ0) is 11.7. The first-order chi connectivity index (χ1) is 8.33. The molecule has 86 valence electrons. The molecule has 0 amide bonds. The maximum atomic E-state index is 4.02. The molecule has 2 heterocycles. The van der Waals surface area contributed by atoms with Crippen LogP contribution >= 0.6 is 11.3 Å². The van der Waals surface area contributed by atoms with Crippen LogP contribution in [0.25, 0.3) is 10.9 Å². The molecule has 3 nitrogen and oxygen atoms in total. The highest BCUT2D eigenvalue weighted by atomic mass is 32.1. The van der Waals surface area contributed by atoms with Gasteiger partial charge in [0.2, 0.25) is 0 Å². The van der Waals surface area contributed by atoms with Gasteiger partial charge >= 0.3 is 0 Å². The van der Waals surface area contributed by atoms with E-state index in [1.807, 2.05) is 12.3 Å². The third kappa shape index (κ3) is 2.03. The van der Waals surface area contributed by atoms with Crippen LogP contribution in [-0.2, 0) is 0 Å². The predicted molar refractivity (Wildman–Crippen MR) is 72.5 cm³/mol. The van der Waals surface area contributed by atoms with Crippen molar-refractivity contribution in [2.45, 2.75) is 13.0 Å². The summed E-state index contributed by atoms with van der Waals surface area (Å²) >= 11 is 1.77. The fourth-order valence-electron chi connectivity index (χ4n) is 1.89. The highest BCUT2D eigenvalue weighted by Crippen LogP contribution is 2.24. The van der Waals surface area contributed by atoms with Crippen molar-refractivity contribution in [1.29, 1.82) is 0 Å². The summed E-state index contributed by atoms with van der Waals surface area (Å²) in [5.41, 5.74) is 2.19. The SMILES string of the molecule is CC(Nc1ccc2[nH]ncc2c1)c1cccs1. The summed E-state index contributed by atoms with van der Waals surface area (Å²) in [7, 11) is 0. The average molecular weight is 243 g/mol. The third-order valence-electron chi connectivity index (χ3n) is 2.79. The fourth-order valence-corrected chi connectivity index (χ4v) is 2.63. The summed E-state index contributed by atoms with van der Waals surface area (Å²) in [4.78, 5) is 1.34. The zero-order valence-electron chi connectivity index (χ0n) is 9.47. The van der Waals surface area contributed by atoms with Crippen molar-refractivity contribution in [2.24, 2.45) is 0 Å². The van der Waals surface area contributed by atoms with Crippen LogP contribution in [0.1, 0.15) is 17.8 Å². The van der Waals surface area contributed by atoms with Gasteiger partial charge in [0.1, 0.15) is 0 Å². The number of benzene rings is 1. The number of nitrogens with zero attached hydrogens (tertiary/aromatic N) is 1. The Morgan fingerprint density at radius 1 is 1.35 bits per heavy atom. The van der Waals surface area contributed by atoms with E-state index in [9.17, 15) is 0 Å². The lowest BCUT2D eigenvalue weighted by molar-refractivity contribution is 0.909. The highest BCUT2D eigenvalue weighted by Gasteiger charge is 2.06. The fraction of sp³-hybridized carbons (Fsp3) is 0.154. The number of anilines is 1. The smallest absolute Gasteiger partial charge is 0.0651 e. The number of nitrogens with one attached hydrogen (secondary N) is 2. The quantitative estimate of drug-likeness (QED) is 0.734. The van der Waals surface area contributed by atoms with Crippen LogP contribution in [0.4, 0.5) is 5.69 Å². The minimum absolute atomic E-state index is 0.333. The van der Waals surface area contributed by atoms with Crippen molar-refractivity contribution in [1.82, 2.24) is 10.2 Å². The monoisotopic (exact) mass is 243 g/mol. The number of aromatic amines is 1. The van der Waals surface area contributed by atoms with E-state index in [1.54, 1.807) is 11.3 Å². The summed E-state index contributed by atoms with van der Waals surface area (Å²) < 4.78 is 0. The molecule has 3 rings (SSSR count). The van der Waals surface area contributed by atoms with Gasteiger partial charge in [0.15, 0.2) is 0 Å². The number of aromatic nitrogens is 2. The summed E-state index contributed by atoms with van der Waals surface area (Å²) in [6, 6.07) is 10.8. The number of thiophene rings is 1. The first-order valence-corrected chi connectivity index (χ1v) is 6.44. The summed E-state index contributed by atoms with van der Waals surface area (Å²) in [5, 5.41) is 13.7. The summed E-state index contributed by atoms with van der Waals surface area (Å²) in [6.45, 7) is 2.17. The van der Waals surface area contributed by atoms with Crippen LogP contribution in [0.3, 0.4) is 0 Å². The minimum atomic E-state index is 0.333. The Kier molecular flexibility index (Phi) is 2.57. The summed E-state index contributed by atoms with van der Waals surface area (Å²) in [6.07, 6.45) is 1.84. The second-order valence-corrected chi connectivity index (χ2v) is 5.03. The van der Waals surface area contributed by atoms with Gasteiger partial charge in [0.05, 0.1) is 17.8 Å². The molecule has 1 aromatic carbocycles. The van der Waals surface area contributed by atoms with Gasteiger partial charge in [-0.3, -0.25) is 5.10 Å². The van der Waals surface area contributed by atoms with Crippen LogP contribution in [0.15, 0.2) is 41.9 Å². The molecule has 1 unspecified atom stereocenters. The standard InChI is InChI=1S/C13H13N3S/c1-9(13-3-2-6-17-13)15-11-4-5-12-10(7-11)8-14-16-12/h2-9,15H,1H3,(H,14,16). The van der Waals surface area contributed by atoms with E-state index < -0.39 is 0 Å². The molecule has 0 aliphatic heterocycles. The molecule has 17 heavy (non-hydrogen) atoms. The molecule has 0 saturated carbocycles. The molecule has 4 heteroatoms. The number of hydrogen-bond acceptors (Lipinski definition) is 3. The molecule has 0 bridgehead atoms. The molecule has 1 atom stereocenters. The number of rotatable bonds is 3. The van der Waals surface area contributed by atoms with Crippen LogP contribution in [0.5, 0.6) is 0 Å². The van der Waals surface area contributed by atoms with Crippen LogP contribution in [0, 0.1) is 0 Å². The lowest BCUT2D eigenvalue weighted by Crippen LogP contribution is -2.04. The molecule has 0 saturated heterocycles. The molecule has 2 aromatic heterocycles. The van der Waals surface area contributed by atoms with E-state index in [0.717, 1.165) is 16.6 Å². The van der Waals surface area contributed by atoms with E-state index >= 15 is 0 Å². The number of fused-ring (bicyclic) bond motifs is 1. The average Bonchev–Trinajstić information content (AvgIpc) is 2.99. The Labute approximate surface area is 103 Å². The molecule has 0 radical (unpaired) electrons. The van der Waals surface area contributed by atoms with Gasteiger partial charge in [0, 0.05) is 16.0 Å². The van der Waals surface area contributed by atoms with Crippen molar-refractivity contribution in [3.63, 3.8) is 0 Å². The first kappa shape index (κ1) is 10.4. The Morgan fingerprint density at radius 2 is 2.29 bits per heavy atom. The van der Waals surface area contributed by atoms with Gasteiger partial charge in [-0.15, -0.1) is 11.3 Å². The normalized spacial score (nSPS) is 12.8. The largest absolute Gasteiger partial charge is 0.378 e. The van der Waals surface area contributed by atoms with E-state index in [-0.39, 0.29) is 0 Å². The predicted octanol–water partition coefficient (Wildman–Crippen LogP) is 3.80. The van der Waals surface area contributed by atoms with Crippen LogP contribution < -0.4 is 5.32 Å². The van der Waals surface area contributed by atoms with Gasteiger partial charge in [0.25, 0.3) is 0 Å². The molecule has 0 aliphatic rings. The Hall–Kier alpha value is -1.81. The van der Waals surface area contributed by atoms with Gasteiger partial charge < -0.3 is 5.32 Å². The second kappa shape index (κ2) is 4.22. The number of H-pyrrole nitrogens is 1. The highest BCUT2D eigenvalue weighted by molar-refractivity contribution is 7.10. The van der Waals surface area contributed by atoms with Crippen molar-refractivity contribution in [3.8, 4) is 0 Å². The van der Waals surface area contributed by atoms with Crippen LogP contribution in [0.2, 0.25) is 0 Å². The first-order valence-electron chi connectivity index (χ1n) is 5.56. The molecular weight excluding hydrogens is 230 g/mol. The van der Waals surface area contributed by atoms with Crippen molar-refractivity contribution in [3.05, 3.63) is 46.8 Å². The van der Waals surface area contributed by atoms with Gasteiger partial charge in [-0.05, 0) is 36.6 Å². The van der Waals surface area contributed by atoms with Crippen molar-refractivity contribution in [2.75, 3.05) is 5.32 Å². The molecular formula is C13H13N3S. The van der Waals surface area contributed by atoms with Gasteiger partial charge in [-0.25, -0.2) is 0 Å². The van der Waals surface area contributed by atoms with Gasteiger partial charge in [-0.1, -0.05) is 6.07 Å². The molecule has 0 aliphatic carbocycles. The van der Waals surface area contributed by atoms with Crippen molar-refractivity contribution < 1.29 is 0 Å². The maximum Gasteiger partial charge on any atom is 0.0651 e. The Morgan fingerprint density at radius 3 is 3.12 bits per heavy atom. The van der Waals surface area contributed by atoms with E-state index in [0.29, 0.717) is 6.04 Å². The van der Waals surface area contributed by atoms with E-state index in [4.69, 9.17) is 0 Å². The zero-order valence-corrected chi connectivity index (χ0v) is 10.3. The van der Waals surface area contributed by atoms with Gasteiger partial charge in [-0.2, -0.15) is 5.10 Å². The second-order valence-electron chi connectivity index (χ2n) is 4.05. The van der Waals surface area contributed by atoms with E-state index in [1.165, 1.54) is 4.88 Å². The number of hydrogen-bond donors (Lipinski definition) is 2. The third-order valence-corrected chi connectivity index (χ3v) is 3.85. The molecule has 0 spiro atoms. The summed E-state index contributed by atoms with van der Waals surface area (Å²) in [5.74, 6) is 0. The topological polar surface area (TPSA) is 40.7 Å². The Bertz CT molecular complexity index is 612. The van der Waals surface area contributed by atoms with E-state index in [2.05, 4.69) is 52.1 Å². The maximum absolute atomic E-state index is 4.02. The lowest BCUT2D eigenvalue weighted by Gasteiger charge is -2.13. The van der Waals surface area contributed by atoms with Crippen LogP contribution in [-0.4, -0.2) is 10.2 Å².